The highest BCUT2D eigenvalue weighted by atomic mass is 32.2. The van der Waals surface area contributed by atoms with E-state index in [9.17, 15) is 31.8 Å². The van der Waals surface area contributed by atoms with Crippen molar-refractivity contribution >= 4 is 48.5 Å². The summed E-state index contributed by atoms with van der Waals surface area (Å²) in [6, 6.07) is 7.02. The molecule has 5 rings (SSSR count). The van der Waals surface area contributed by atoms with Crippen molar-refractivity contribution < 1.29 is 27.0 Å². The van der Waals surface area contributed by atoms with Crippen LogP contribution in [0.5, 0.6) is 5.75 Å². The Balaban J connectivity index is 1.53. The second kappa shape index (κ2) is 10.5. The Morgan fingerprint density at radius 2 is 2.02 bits per heavy atom. The molecule has 4 heterocycles. The zero-order valence-electron chi connectivity index (χ0n) is 21.9. The molecule has 0 saturated carbocycles. The van der Waals surface area contributed by atoms with Crippen LogP contribution in [-0.4, -0.2) is 65.9 Å². The Bertz CT molecular complexity index is 1790. The molecule has 2 aromatic heterocycles. The van der Waals surface area contributed by atoms with Gasteiger partial charge in [0.15, 0.2) is 5.84 Å². The second-order valence-corrected chi connectivity index (χ2v) is 13.5. The van der Waals surface area contributed by atoms with Crippen LogP contribution in [0.25, 0.3) is 11.0 Å². The molecule has 0 aliphatic carbocycles. The molecule has 1 aromatic carbocycles. The summed E-state index contributed by atoms with van der Waals surface area (Å²) < 4.78 is 60.8. The minimum atomic E-state index is -4.41. The highest BCUT2D eigenvalue weighted by molar-refractivity contribution is 7.91. The number of aryl methyl sites for hydroxylation is 1. The number of fused-ring (bicyclic) bond motifs is 2. The van der Waals surface area contributed by atoms with Crippen molar-refractivity contribution in [2.45, 2.75) is 50.7 Å². The van der Waals surface area contributed by atoms with E-state index >= 15 is 0 Å². The number of hydrogen-bond donors (Lipinski definition) is 4. The number of aromatic nitrogens is 2. The summed E-state index contributed by atoms with van der Waals surface area (Å²) in [7, 11) is -8.46. The van der Waals surface area contributed by atoms with Gasteiger partial charge in [0.05, 0.1) is 22.9 Å². The minimum absolute atomic E-state index is 0.0153. The number of aliphatic hydroxyl groups is 1. The number of anilines is 2. The molecule has 40 heavy (non-hydrogen) atoms. The zero-order chi connectivity index (χ0) is 28.8. The van der Waals surface area contributed by atoms with Crippen LogP contribution in [0.4, 0.5) is 11.4 Å². The summed E-state index contributed by atoms with van der Waals surface area (Å²) >= 11 is 0. The number of aromatic hydroxyl groups is 1. The lowest BCUT2D eigenvalue weighted by Gasteiger charge is -2.29. The lowest BCUT2D eigenvalue weighted by Crippen LogP contribution is -2.44. The van der Waals surface area contributed by atoms with Gasteiger partial charge in [0.1, 0.15) is 21.9 Å². The molecule has 214 valence electrons. The molecule has 1 unspecified atom stereocenters. The molecule has 0 spiro atoms. The van der Waals surface area contributed by atoms with Crippen LogP contribution >= 0.6 is 0 Å². The summed E-state index contributed by atoms with van der Waals surface area (Å²) in [6.07, 6.45) is 2.37. The number of sulfonamides is 1. The number of benzene rings is 1. The average molecular weight is 591 g/mol. The van der Waals surface area contributed by atoms with Crippen LogP contribution in [0.1, 0.15) is 38.7 Å². The van der Waals surface area contributed by atoms with Crippen molar-refractivity contribution in [2.75, 3.05) is 23.1 Å². The van der Waals surface area contributed by atoms with Crippen LogP contribution in [0.15, 0.2) is 50.6 Å². The maximum Gasteiger partial charge on any atom is 0.301 e. The summed E-state index contributed by atoms with van der Waals surface area (Å²) in [6.45, 7) is 4.47. The van der Waals surface area contributed by atoms with Gasteiger partial charge in [-0.1, -0.05) is 13.8 Å². The van der Waals surface area contributed by atoms with Gasteiger partial charge in [0.2, 0.25) is 0 Å². The van der Waals surface area contributed by atoms with Crippen LogP contribution in [0, 0.1) is 5.92 Å². The van der Waals surface area contributed by atoms with Crippen molar-refractivity contribution in [3.63, 3.8) is 0 Å². The molecular weight excluding hydrogens is 560 g/mol. The number of pyridine rings is 2. The number of rotatable bonds is 7. The fraction of sp³-hybridized carbons (Fsp3) is 0.400. The van der Waals surface area contributed by atoms with Gasteiger partial charge >= 0.3 is 10.2 Å². The zero-order valence-corrected chi connectivity index (χ0v) is 23.5. The largest absolute Gasteiger partial charge is 0.506 e. The quantitative estimate of drug-likeness (QED) is 0.319. The van der Waals surface area contributed by atoms with E-state index in [1.807, 2.05) is 13.8 Å². The molecule has 3 aromatic rings. The van der Waals surface area contributed by atoms with Gasteiger partial charge in [0.25, 0.3) is 15.6 Å². The van der Waals surface area contributed by atoms with Gasteiger partial charge in [0, 0.05) is 25.8 Å². The van der Waals surface area contributed by atoms with Gasteiger partial charge in [-0.25, -0.2) is 4.98 Å². The van der Waals surface area contributed by atoms with E-state index in [4.69, 9.17) is 0 Å². The van der Waals surface area contributed by atoms with Gasteiger partial charge in [-0.2, -0.15) is 21.1 Å². The van der Waals surface area contributed by atoms with E-state index in [1.165, 1.54) is 22.9 Å². The molecule has 4 N–H and O–H groups in total. The van der Waals surface area contributed by atoms with Gasteiger partial charge in [-0.15, -0.1) is 4.40 Å². The van der Waals surface area contributed by atoms with E-state index < -0.39 is 37.6 Å². The number of piperidine rings is 1. The predicted octanol–water partition coefficient (Wildman–Crippen LogP) is 1.82. The van der Waals surface area contributed by atoms with Gasteiger partial charge in [-0.05, 0) is 55.5 Å². The van der Waals surface area contributed by atoms with Crippen molar-refractivity contribution in [3.8, 4) is 5.75 Å². The highest BCUT2D eigenvalue weighted by Crippen LogP contribution is 2.34. The lowest BCUT2D eigenvalue weighted by atomic mass is 10.1. The Morgan fingerprint density at radius 3 is 2.75 bits per heavy atom. The Kier molecular flexibility index (Phi) is 7.33. The maximum atomic E-state index is 13.6. The fourth-order valence-electron chi connectivity index (χ4n) is 4.76. The van der Waals surface area contributed by atoms with E-state index in [-0.39, 0.29) is 57.7 Å². The first-order chi connectivity index (χ1) is 18.9. The second-order valence-electron chi connectivity index (χ2n) is 10.2. The van der Waals surface area contributed by atoms with Crippen molar-refractivity contribution in [3.05, 3.63) is 52.4 Å². The van der Waals surface area contributed by atoms with Crippen molar-refractivity contribution in [1.29, 1.82) is 0 Å². The number of nitrogens with zero attached hydrogens (tertiary/aromatic N) is 4. The third-order valence-corrected chi connectivity index (χ3v) is 9.65. The molecule has 1 saturated heterocycles. The molecule has 1 fully saturated rings. The van der Waals surface area contributed by atoms with E-state index in [0.717, 1.165) is 10.4 Å². The first-order valence-corrected chi connectivity index (χ1v) is 15.7. The molecule has 2 aliphatic rings. The molecule has 15 heteroatoms. The molecule has 13 nitrogen and oxygen atoms in total. The maximum absolute atomic E-state index is 13.6. The van der Waals surface area contributed by atoms with Crippen LogP contribution < -0.4 is 15.6 Å². The van der Waals surface area contributed by atoms with Gasteiger partial charge in [-0.3, -0.25) is 14.1 Å². The molecule has 2 aliphatic heterocycles. The topological polar surface area (TPSA) is 183 Å². The van der Waals surface area contributed by atoms with Crippen molar-refractivity contribution in [2.24, 2.45) is 10.3 Å². The average Bonchev–Trinajstić information content (AvgIpc) is 2.88. The molecular formula is C25H30N6O7S2. The molecule has 0 bridgehead atoms. The molecule has 0 radical (unpaired) electrons. The third kappa shape index (κ3) is 5.29. The predicted molar refractivity (Wildman–Crippen MR) is 150 cm³/mol. The number of β-amino-alcohol motifs (C(OH)–C–C–N with tert-alkyl or cyclic N) is 1. The monoisotopic (exact) mass is 590 g/mol. The van der Waals surface area contributed by atoms with Gasteiger partial charge < -0.3 is 15.5 Å². The summed E-state index contributed by atoms with van der Waals surface area (Å²) in [5.41, 5.74) is -0.653. The number of hydrogen-bond acceptors (Lipinski definition) is 9. The Morgan fingerprint density at radius 1 is 1.25 bits per heavy atom. The van der Waals surface area contributed by atoms with E-state index in [0.29, 0.717) is 25.8 Å². The standard InChI is InChI=1S/C25H30N6O7S2/c1-15(2)9-12-31-24-18(6-3-10-26-24)22(33)21(25(31)34)23-27-19-8-7-16(13-20(19)39(35,36)29-23)28-40(37,38)30-11-4-5-17(32)14-30/h3,6-8,10,13,15,17,28,32-33H,4-5,9,11-12,14H2,1-2H3,(H,27,29). The summed E-state index contributed by atoms with van der Waals surface area (Å²) in [5.74, 6) is -0.534. The van der Waals surface area contributed by atoms with Crippen LogP contribution in [-0.2, 0) is 26.8 Å². The molecule has 0 amide bonds. The number of nitrogens with one attached hydrogen (secondary N) is 2. The number of aliphatic hydroxyl groups excluding tert-OH is 1. The molecule has 1 atom stereocenters. The Labute approximate surface area is 231 Å². The highest BCUT2D eigenvalue weighted by Gasteiger charge is 2.32. The van der Waals surface area contributed by atoms with E-state index in [2.05, 4.69) is 19.4 Å². The van der Waals surface area contributed by atoms with E-state index in [1.54, 1.807) is 12.1 Å². The lowest BCUT2D eigenvalue weighted by molar-refractivity contribution is 0.108. The first kappa shape index (κ1) is 28.0. The fourth-order valence-corrected chi connectivity index (χ4v) is 7.20. The first-order valence-electron chi connectivity index (χ1n) is 12.8. The smallest absolute Gasteiger partial charge is 0.301 e. The number of amidine groups is 1. The summed E-state index contributed by atoms with van der Waals surface area (Å²) in [5, 5.41) is 24.0. The van der Waals surface area contributed by atoms with Crippen LogP contribution in [0.2, 0.25) is 0 Å². The SMILES string of the molecule is CC(C)CCn1c(=O)c(C2=NS(=O)(=O)c3cc(NS(=O)(=O)N4CCCC(O)C4)ccc3N2)c(O)c2cccnc21. The third-order valence-electron chi connectivity index (χ3n) is 6.83. The summed E-state index contributed by atoms with van der Waals surface area (Å²) in [4.78, 5) is 17.5. The van der Waals surface area contributed by atoms with Crippen LogP contribution in [0.3, 0.4) is 0 Å². The van der Waals surface area contributed by atoms with Crippen molar-refractivity contribution in [1.82, 2.24) is 13.9 Å². The Hall–Kier alpha value is -3.53. The normalized spacial score (nSPS) is 19.2. The minimum Gasteiger partial charge on any atom is -0.506 e.